The predicted molar refractivity (Wildman–Crippen MR) is 131 cm³/mol. The average Bonchev–Trinajstić information content (AvgIpc) is 2.84. The van der Waals surface area contributed by atoms with Crippen LogP contribution in [-0.4, -0.2) is 60.4 Å². The molecule has 2 aromatic carbocycles. The molecule has 1 unspecified atom stereocenters. The number of ether oxygens (including phenoxy) is 1. The number of piperidine rings is 1. The first-order valence-electron chi connectivity index (χ1n) is 11.5. The summed E-state index contributed by atoms with van der Waals surface area (Å²) in [7, 11) is 0. The summed E-state index contributed by atoms with van der Waals surface area (Å²) in [6.07, 6.45) is 2.46. The van der Waals surface area contributed by atoms with Crippen molar-refractivity contribution in [2.24, 2.45) is 5.92 Å². The van der Waals surface area contributed by atoms with Gasteiger partial charge in [0.15, 0.2) is 0 Å². The van der Waals surface area contributed by atoms with Gasteiger partial charge in [0, 0.05) is 42.6 Å². The molecule has 6 nitrogen and oxygen atoms in total. The minimum absolute atomic E-state index is 0.0317. The predicted octanol–water partition coefficient (Wildman–Crippen LogP) is 4.33. The fourth-order valence-corrected chi connectivity index (χ4v) is 4.47. The van der Waals surface area contributed by atoms with Crippen molar-refractivity contribution in [3.8, 4) is 0 Å². The molecule has 7 heteroatoms. The Morgan fingerprint density at radius 1 is 1.09 bits per heavy atom. The number of nitrogens with zero attached hydrogens (tertiary/aromatic N) is 2. The molecule has 0 aliphatic carbocycles. The smallest absolute Gasteiger partial charge is 0.310 e. The summed E-state index contributed by atoms with van der Waals surface area (Å²) in [5.41, 5.74) is 1.73. The van der Waals surface area contributed by atoms with E-state index in [4.69, 9.17) is 4.74 Å². The maximum Gasteiger partial charge on any atom is 0.310 e. The average molecular weight is 515 g/mol. The zero-order chi connectivity index (χ0) is 23.6. The van der Waals surface area contributed by atoms with Crippen LogP contribution >= 0.6 is 15.9 Å². The van der Waals surface area contributed by atoms with Crippen LogP contribution in [0.3, 0.4) is 0 Å². The molecule has 33 heavy (non-hydrogen) atoms. The molecule has 0 radical (unpaired) electrons. The van der Waals surface area contributed by atoms with E-state index >= 15 is 0 Å². The number of hydrogen-bond acceptors (Lipinski definition) is 4. The van der Waals surface area contributed by atoms with Gasteiger partial charge in [-0.05, 0) is 49.9 Å². The zero-order valence-electron chi connectivity index (χ0n) is 19.0. The van der Waals surface area contributed by atoms with E-state index in [0.717, 1.165) is 22.9 Å². The molecule has 0 saturated carbocycles. The Labute approximate surface area is 204 Å². The Hall–Kier alpha value is -2.67. The van der Waals surface area contributed by atoms with Crippen LogP contribution in [0.5, 0.6) is 0 Å². The third-order valence-electron chi connectivity index (χ3n) is 5.86. The molecule has 0 bridgehead atoms. The lowest BCUT2D eigenvalue weighted by Gasteiger charge is -2.32. The number of carbonyl (C=O) groups is 3. The van der Waals surface area contributed by atoms with E-state index in [1.54, 1.807) is 28.9 Å². The highest BCUT2D eigenvalue weighted by molar-refractivity contribution is 9.10. The molecule has 176 valence electrons. The molecule has 1 aliphatic heterocycles. The monoisotopic (exact) mass is 514 g/mol. The van der Waals surface area contributed by atoms with E-state index in [-0.39, 0.29) is 30.1 Å². The minimum atomic E-state index is -0.264. The number of esters is 1. The Kier molecular flexibility index (Phi) is 9.48. The van der Waals surface area contributed by atoms with E-state index in [1.165, 1.54) is 0 Å². The Bertz CT molecular complexity index is 950. The van der Waals surface area contributed by atoms with Crippen LogP contribution in [0.2, 0.25) is 0 Å². The quantitative estimate of drug-likeness (QED) is 0.467. The highest BCUT2D eigenvalue weighted by Gasteiger charge is 2.29. The van der Waals surface area contributed by atoms with Crippen molar-refractivity contribution in [2.75, 3.05) is 32.8 Å². The fourth-order valence-electron chi connectivity index (χ4n) is 4.07. The minimum Gasteiger partial charge on any atom is -0.466 e. The van der Waals surface area contributed by atoms with Crippen molar-refractivity contribution in [3.05, 3.63) is 70.2 Å². The first-order chi connectivity index (χ1) is 16.0. The van der Waals surface area contributed by atoms with Gasteiger partial charge < -0.3 is 14.5 Å². The van der Waals surface area contributed by atoms with Crippen LogP contribution in [0, 0.1) is 5.92 Å². The van der Waals surface area contributed by atoms with Crippen molar-refractivity contribution in [2.45, 2.75) is 32.6 Å². The van der Waals surface area contributed by atoms with Crippen LogP contribution in [0.15, 0.2) is 59.1 Å². The van der Waals surface area contributed by atoms with E-state index in [9.17, 15) is 14.4 Å². The molecule has 0 spiro atoms. The van der Waals surface area contributed by atoms with Gasteiger partial charge in [-0.2, -0.15) is 0 Å². The van der Waals surface area contributed by atoms with E-state index in [0.29, 0.717) is 44.8 Å². The molecule has 0 aromatic heterocycles. The summed E-state index contributed by atoms with van der Waals surface area (Å²) < 4.78 is 5.98. The first kappa shape index (κ1) is 25.0. The summed E-state index contributed by atoms with van der Waals surface area (Å²) >= 11 is 3.43. The number of hydrogen-bond donors (Lipinski definition) is 0. The summed E-state index contributed by atoms with van der Waals surface area (Å²) in [5, 5.41) is 0. The van der Waals surface area contributed by atoms with Gasteiger partial charge in [-0.25, -0.2) is 0 Å². The van der Waals surface area contributed by atoms with Crippen molar-refractivity contribution in [1.82, 2.24) is 9.80 Å². The number of likely N-dealkylation sites (tertiary alicyclic amines) is 1. The number of rotatable bonds is 9. The molecule has 2 aromatic rings. The Morgan fingerprint density at radius 2 is 1.88 bits per heavy atom. The van der Waals surface area contributed by atoms with E-state index in [1.807, 2.05) is 42.5 Å². The summed E-state index contributed by atoms with van der Waals surface area (Å²) in [6.45, 7) is 4.01. The van der Waals surface area contributed by atoms with Crippen molar-refractivity contribution >= 4 is 33.7 Å². The fraction of sp³-hybridized carbons (Fsp3) is 0.423. The Balaban J connectivity index is 1.64. The zero-order valence-corrected chi connectivity index (χ0v) is 20.6. The number of amides is 2. The second-order valence-corrected chi connectivity index (χ2v) is 9.13. The maximum absolute atomic E-state index is 13.2. The molecule has 1 heterocycles. The topological polar surface area (TPSA) is 66.9 Å². The molecule has 1 aliphatic rings. The van der Waals surface area contributed by atoms with Gasteiger partial charge in [0.1, 0.15) is 0 Å². The van der Waals surface area contributed by atoms with Crippen LogP contribution in [-0.2, 0) is 20.7 Å². The number of benzene rings is 2. The lowest BCUT2D eigenvalue weighted by Crippen LogP contribution is -2.44. The van der Waals surface area contributed by atoms with Gasteiger partial charge in [-0.1, -0.05) is 52.3 Å². The van der Waals surface area contributed by atoms with Crippen molar-refractivity contribution in [1.29, 1.82) is 0 Å². The van der Waals surface area contributed by atoms with Gasteiger partial charge >= 0.3 is 5.97 Å². The van der Waals surface area contributed by atoms with Crippen LogP contribution in [0.1, 0.15) is 42.1 Å². The van der Waals surface area contributed by atoms with Crippen molar-refractivity contribution in [3.63, 3.8) is 0 Å². The molecule has 1 fully saturated rings. The Morgan fingerprint density at radius 3 is 2.61 bits per heavy atom. The normalized spacial score (nSPS) is 15.7. The molecule has 1 saturated heterocycles. The molecular formula is C26H31BrN2O4. The molecule has 2 amide bonds. The van der Waals surface area contributed by atoms with Gasteiger partial charge in [0.2, 0.25) is 5.91 Å². The van der Waals surface area contributed by atoms with Gasteiger partial charge in [0.25, 0.3) is 5.91 Å². The lowest BCUT2D eigenvalue weighted by atomic mass is 9.98. The van der Waals surface area contributed by atoms with Crippen molar-refractivity contribution < 1.29 is 19.1 Å². The number of halogens is 1. The second kappa shape index (κ2) is 12.5. The van der Waals surface area contributed by atoms with Gasteiger partial charge in [-0.3, -0.25) is 14.4 Å². The van der Waals surface area contributed by atoms with Crippen LogP contribution < -0.4 is 0 Å². The molecule has 3 rings (SSSR count). The van der Waals surface area contributed by atoms with Crippen LogP contribution in [0.25, 0.3) is 0 Å². The second-order valence-electron chi connectivity index (χ2n) is 8.22. The number of carbonyl (C=O) groups excluding carboxylic acids is 3. The van der Waals surface area contributed by atoms with E-state index < -0.39 is 0 Å². The molecule has 1 atom stereocenters. The third kappa shape index (κ3) is 7.42. The maximum atomic E-state index is 13.2. The standard InChI is InChI=1S/C26H31BrN2O4/c1-2-33-26(32)22-11-7-15-29(19-22)24(30)14-17-28(16-13-20-8-4-3-5-9-20)25(31)21-10-6-12-23(27)18-21/h3-6,8-10,12,18,22H,2,7,11,13-17,19H2,1H3. The SMILES string of the molecule is CCOC(=O)C1CCCN(C(=O)CCN(CCc2ccccc2)C(=O)c2cccc(Br)c2)C1. The lowest BCUT2D eigenvalue weighted by molar-refractivity contribution is -0.151. The largest absolute Gasteiger partial charge is 0.466 e. The molecular weight excluding hydrogens is 484 g/mol. The first-order valence-corrected chi connectivity index (χ1v) is 12.3. The van der Waals surface area contributed by atoms with Crippen LogP contribution in [0.4, 0.5) is 0 Å². The summed E-state index contributed by atoms with van der Waals surface area (Å²) in [5.74, 6) is -0.622. The highest BCUT2D eigenvalue weighted by Crippen LogP contribution is 2.19. The third-order valence-corrected chi connectivity index (χ3v) is 6.35. The van der Waals surface area contributed by atoms with Gasteiger partial charge in [0.05, 0.1) is 12.5 Å². The molecule has 0 N–H and O–H groups in total. The summed E-state index contributed by atoms with van der Waals surface area (Å²) in [6, 6.07) is 17.3. The highest BCUT2D eigenvalue weighted by atomic mass is 79.9. The van der Waals surface area contributed by atoms with E-state index in [2.05, 4.69) is 15.9 Å². The summed E-state index contributed by atoms with van der Waals surface area (Å²) in [4.78, 5) is 41.8. The van der Waals surface area contributed by atoms with Gasteiger partial charge in [-0.15, -0.1) is 0 Å².